The Morgan fingerprint density at radius 3 is 2.42 bits per heavy atom. The average Bonchev–Trinajstić information content (AvgIpc) is 3.37. The molecular weight excluding hydrogens is 512 g/mol. The number of likely N-dealkylation sites (N-methyl/N-ethyl adjacent to an activating group) is 1. The number of phenols is 1. The number of carbonyl (C=O) groups is 3. The predicted octanol–water partition coefficient (Wildman–Crippen LogP) is 1.15. The highest BCUT2D eigenvalue weighted by Gasteiger charge is 2.68. The molecule has 10 nitrogen and oxygen atoms in total. The molecule has 7 N–H and O–H groups in total. The fourth-order valence-corrected chi connectivity index (χ4v) is 8.42. The Kier molecular flexibility index (Phi) is 6.62. The van der Waals surface area contributed by atoms with Crippen molar-refractivity contribution in [2.45, 2.75) is 54.6 Å². The van der Waals surface area contributed by atoms with E-state index in [0.717, 1.165) is 25.7 Å². The largest absolute Gasteiger partial charge is 0.508 e. The molecule has 2 saturated carbocycles. The van der Waals surface area contributed by atoms with Gasteiger partial charge in [-0.15, -0.1) is 0 Å². The maximum absolute atomic E-state index is 14.1. The number of aliphatic hydroxyl groups excluding tert-OH is 3. The molecule has 4 aliphatic rings. The Balaban J connectivity index is 1.73. The van der Waals surface area contributed by atoms with Gasteiger partial charge < -0.3 is 31.3 Å². The Hall–Kier alpha value is -2.86. The van der Waals surface area contributed by atoms with E-state index in [1.807, 2.05) is 0 Å². The highest BCUT2D eigenvalue weighted by Crippen LogP contribution is 2.57. The van der Waals surface area contributed by atoms with Gasteiger partial charge >= 0.3 is 0 Å². The van der Waals surface area contributed by atoms with Crippen molar-refractivity contribution in [2.75, 3.05) is 19.8 Å². The minimum Gasteiger partial charge on any atom is -0.508 e. The number of amides is 1. The number of primary amides is 1. The van der Waals surface area contributed by atoms with Gasteiger partial charge in [0.15, 0.2) is 11.4 Å². The van der Waals surface area contributed by atoms with E-state index in [2.05, 4.69) is 0 Å². The molecule has 3 unspecified atom stereocenters. The summed E-state index contributed by atoms with van der Waals surface area (Å²) < 4.78 is 0. The number of phenolic OH excluding ortho intramolecular Hbond substituents is 1. The van der Waals surface area contributed by atoms with Crippen LogP contribution in [0.4, 0.5) is 0 Å². The second-order valence-corrected chi connectivity index (χ2v) is 12.2. The zero-order chi connectivity index (χ0) is 27.7. The lowest BCUT2D eigenvalue weighted by molar-refractivity contribution is -0.169. The Bertz CT molecular complexity index is 1280. The highest BCUT2D eigenvalue weighted by molar-refractivity contribution is 7.99. The Morgan fingerprint density at radius 2 is 1.82 bits per heavy atom. The van der Waals surface area contributed by atoms with Crippen LogP contribution in [0.3, 0.4) is 0 Å². The van der Waals surface area contributed by atoms with Gasteiger partial charge in [0.2, 0.25) is 5.78 Å². The lowest BCUT2D eigenvalue weighted by Gasteiger charge is -2.54. The fourth-order valence-electron chi connectivity index (χ4n) is 6.89. The normalized spacial score (nSPS) is 33.4. The van der Waals surface area contributed by atoms with E-state index in [0.29, 0.717) is 16.6 Å². The topological polar surface area (TPSA) is 182 Å². The molecule has 0 heterocycles. The molecule has 4 aliphatic carbocycles. The van der Waals surface area contributed by atoms with Crippen molar-refractivity contribution in [1.29, 1.82) is 0 Å². The fraction of sp³-hybridized carbons (Fsp3) is 0.519. The van der Waals surface area contributed by atoms with E-state index in [9.17, 15) is 39.9 Å². The van der Waals surface area contributed by atoms with Gasteiger partial charge in [-0.2, -0.15) is 11.8 Å². The van der Waals surface area contributed by atoms with Crippen LogP contribution in [-0.4, -0.2) is 90.8 Å². The van der Waals surface area contributed by atoms with Crippen LogP contribution >= 0.6 is 11.8 Å². The maximum Gasteiger partial charge on any atom is 0.255 e. The van der Waals surface area contributed by atoms with E-state index in [1.54, 1.807) is 23.9 Å². The van der Waals surface area contributed by atoms with Crippen molar-refractivity contribution >= 4 is 35.0 Å². The zero-order valence-electron chi connectivity index (χ0n) is 21.1. The number of hydrogen-bond donors (Lipinski definition) is 6. The Labute approximate surface area is 223 Å². The average molecular weight is 545 g/mol. The van der Waals surface area contributed by atoms with Gasteiger partial charge in [0.25, 0.3) is 5.91 Å². The van der Waals surface area contributed by atoms with Gasteiger partial charge in [-0.05, 0) is 38.6 Å². The van der Waals surface area contributed by atoms with Crippen LogP contribution in [0.5, 0.6) is 5.75 Å². The summed E-state index contributed by atoms with van der Waals surface area (Å²) in [6.45, 7) is 0. The van der Waals surface area contributed by atoms with Crippen LogP contribution in [0, 0.1) is 11.8 Å². The second kappa shape index (κ2) is 9.41. The number of thioether (sulfide) groups is 1. The molecule has 2 fully saturated rings. The molecule has 0 bridgehead atoms. The smallest absolute Gasteiger partial charge is 0.255 e. The summed E-state index contributed by atoms with van der Waals surface area (Å²) in [6.07, 6.45) is 2.72. The van der Waals surface area contributed by atoms with Gasteiger partial charge in [-0.3, -0.25) is 19.3 Å². The van der Waals surface area contributed by atoms with Crippen LogP contribution in [-0.2, 0) is 14.4 Å². The highest BCUT2D eigenvalue weighted by atomic mass is 32.2. The van der Waals surface area contributed by atoms with E-state index >= 15 is 0 Å². The van der Waals surface area contributed by atoms with Gasteiger partial charge in [0.1, 0.15) is 22.8 Å². The van der Waals surface area contributed by atoms with Crippen molar-refractivity contribution in [1.82, 2.24) is 4.90 Å². The van der Waals surface area contributed by atoms with E-state index in [-0.39, 0.29) is 16.9 Å². The van der Waals surface area contributed by atoms with Gasteiger partial charge in [-0.1, -0.05) is 25.0 Å². The number of Topliss-reactive ketones (excluding diaryl/α,β-unsaturated/α-hetero) is 2. The maximum atomic E-state index is 14.1. The number of ketones is 2. The van der Waals surface area contributed by atoms with Crippen LogP contribution in [0.15, 0.2) is 35.1 Å². The molecule has 0 aliphatic heterocycles. The molecule has 1 amide bonds. The van der Waals surface area contributed by atoms with Crippen molar-refractivity contribution in [3.63, 3.8) is 0 Å². The summed E-state index contributed by atoms with van der Waals surface area (Å²) in [5.41, 5.74) is 1.74. The third-order valence-corrected chi connectivity index (χ3v) is 10.1. The Morgan fingerprint density at radius 1 is 1.16 bits per heavy atom. The molecule has 204 valence electrons. The summed E-state index contributed by atoms with van der Waals surface area (Å²) in [5.74, 6) is -8.22. The van der Waals surface area contributed by atoms with Crippen LogP contribution in [0.1, 0.15) is 42.7 Å². The van der Waals surface area contributed by atoms with Gasteiger partial charge in [-0.25, -0.2) is 0 Å². The molecule has 0 saturated heterocycles. The summed E-state index contributed by atoms with van der Waals surface area (Å²) >= 11 is 1.69. The minimum atomic E-state index is -2.91. The minimum absolute atomic E-state index is 0.0213. The zero-order valence-corrected chi connectivity index (χ0v) is 21.9. The first kappa shape index (κ1) is 26.7. The summed E-state index contributed by atoms with van der Waals surface area (Å²) in [5, 5.41) is 57.1. The van der Waals surface area contributed by atoms with Crippen molar-refractivity contribution < 1.29 is 39.9 Å². The number of carbonyl (C=O) groups excluding carboxylic acids is 3. The number of fused-ring (bicyclic) bond motifs is 3. The van der Waals surface area contributed by atoms with Gasteiger partial charge in [0.05, 0.1) is 23.6 Å². The van der Waals surface area contributed by atoms with Crippen LogP contribution in [0.25, 0.3) is 5.76 Å². The lowest BCUT2D eigenvalue weighted by atomic mass is 9.54. The quantitative estimate of drug-likeness (QED) is 0.294. The van der Waals surface area contributed by atoms with E-state index in [4.69, 9.17) is 5.73 Å². The van der Waals surface area contributed by atoms with E-state index in [1.165, 1.54) is 25.1 Å². The predicted molar refractivity (Wildman–Crippen MR) is 139 cm³/mol. The number of nitrogens with two attached hydrogens (primary N) is 1. The van der Waals surface area contributed by atoms with Crippen LogP contribution < -0.4 is 5.73 Å². The van der Waals surface area contributed by atoms with Crippen LogP contribution in [0.2, 0.25) is 0 Å². The monoisotopic (exact) mass is 544 g/mol. The standard InChI is InChI=1S/C27H32N2O8S/c1-29(2)20-19-22(32)16-13(10-38-11-6-3-4-7-11)12-8-5-9-14(30)15(12)21(31)17(16)24(34)27(19,37)25(35)18(23(20)33)26(28)36/h5,8-9,11,13,16,19-20,22,30-32,35,37H,3-4,6-7,10H2,1-2H3,(H2,28,36)/t13-,16?,19?,20-,22?,27-/m0/s1. The first-order valence-corrected chi connectivity index (χ1v) is 13.7. The summed E-state index contributed by atoms with van der Waals surface area (Å²) in [4.78, 5) is 40.9. The van der Waals surface area contributed by atoms with Gasteiger partial charge in [0, 0.05) is 28.4 Å². The molecule has 5 rings (SSSR count). The summed E-state index contributed by atoms with van der Waals surface area (Å²) in [6, 6.07) is 3.34. The number of aromatic hydroxyl groups is 1. The summed E-state index contributed by atoms with van der Waals surface area (Å²) in [7, 11) is 2.98. The molecule has 11 heteroatoms. The van der Waals surface area contributed by atoms with Crippen molar-refractivity contribution in [2.24, 2.45) is 17.6 Å². The molecule has 0 radical (unpaired) electrons. The third-order valence-electron chi connectivity index (χ3n) is 8.61. The number of nitrogens with zero attached hydrogens (tertiary/aromatic N) is 1. The number of rotatable bonds is 5. The molecule has 1 aromatic rings. The second-order valence-electron chi connectivity index (χ2n) is 10.8. The van der Waals surface area contributed by atoms with Crippen molar-refractivity contribution in [3.05, 3.63) is 46.2 Å². The molecule has 6 atom stereocenters. The van der Waals surface area contributed by atoms with Crippen molar-refractivity contribution in [3.8, 4) is 5.75 Å². The molecule has 0 aromatic heterocycles. The number of hydrogen-bond acceptors (Lipinski definition) is 10. The number of aliphatic hydroxyl groups is 4. The first-order valence-electron chi connectivity index (χ1n) is 12.7. The molecule has 1 aromatic carbocycles. The third kappa shape index (κ3) is 3.63. The number of benzene rings is 1. The SMILES string of the molecule is CN(C)[C@@H]1C(=O)C(C(N)=O)=C(O)[C@@]2(O)C(=O)C3=C(O)c4c(O)cccc4[C@H](CSC4CCCC4)C3C(O)C12. The first-order chi connectivity index (χ1) is 17.9. The molecular formula is C27H32N2O8S. The molecule has 38 heavy (non-hydrogen) atoms. The van der Waals surface area contributed by atoms with E-state index < -0.39 is 70.1 Å². The molecule has 0 spiro atoms. The lowest BCUT2D eigenvalue weighted by Crippen LogP contribution is -2.70.